The van der Waals surface area contributed by atoms with Gasteiger partial charge in [0, 0.05) is 37.3 Å². The molecule has 0 spiro atoms. The van der Waals surface area contributed by atoms with Crippen molar-refractivity contribution in [3.05, 3.63) is 29.7 Å². The second-order valence-electron chi connectivity index (χ2n) is 5.75. The number of hydrogen-bond donors (Lipinski definition) is 2. The topological polar surface area (TPSA) is 84.5 Å². The standard InChI is InChI=1S/C16H21FN4O2/c1-23-15-3-2-12-16(20-15)10(11(17)9-19-12)4-6-21-7-5-14(22)13(21)8-18/h2-3,9,13-14,22H,4-8,18H2,1H3. The molecule has 0 bridgehead atoms. The highest BCUT2D eigenvalue weighted by Crippen LogP contribution is 2.23. The molecule has 0 radical (unpaired) electrons. The summed E-state index contributed by atoms with van der Waals surface area (Å²) in [6.07, 6.45) is 2.00. The number of nitrogens with zero attached hydrogens (tertiary/aromatic N) is 3. The summed E-state index contributed by atoms with van der Waals surface area (Å²) >= 11 is 0. The number of aromatic nitrogens is 2. The van der Waals surface area contributed by atoms with Gasteiger partial charge in [-0.1, -0.05) is 0 Å². The van der Waals surface area contributed by atoms with Gasteiger partial charge in [0.25, 0.3) is 0 Å². The molecule has 1 saturated heterocycles. The van der Waals surface area contributed by atoms with Crippen LogP contribution >= 0.6 is 0 Å². The Morgan fingerprint density at radius 1 is 1.48 bits per heavy atom. The fraction of sp³-hybridized carbons (Fsp3) is 0.500. The van der Waals surface area contributed by atoms with Crippen molar-refractivity contribution in [3.63, 3.8) is 0 Å². The lowest BCUT2D eigenvalue weighted by atomic mass is 10.1. The molecule has 6 nitrogen and oxygen atoms in total. The third kappa shape index (κ3) is 3.12. The van der Waals surface area contributed by atoms with Crippen LogP contribution < -0.4 is 10.5 Å². The molecule has 2 aromatic heterocycles. The fourth-order valence-corrected chi connectivity index (χ4v) is 3.17. The molecule has 0 amide bonds. The van der Waals surface area contributed by atoms with Gasteiger partial charge in [0.15, 0.2) is 0 Å². The molecule has 0 aliphatic carbocycles. The summed E-state index contributed by atoms with van der Waals surface area (Å²) in [6.45, 7) is 1.78. The summed E-state index contributed by atoms with van der Waals surface area (Å²) < 4.78 is 19.4. The van der Waals surface area contributed by atoms with E-state index in [-0.39, 0.29) is 11.9 Å². The molecule has 3 N–H and O–H groups in total. The second-order valence-corrected chi connectivity index (χ2v) is 5.75. The zero-order chi connectivity index (χ0) is 16.4. The fourth-order valence-electron chi connectivity index (χ4n) is 3.17. The molecule has 0 saturated carbocycles. The van der Waals surface area contributed by atoms with Crippen LogP contribution in [0.25, 0.3) is 11.0 Å². The van der Waals surface area contributed by atoms with Crippen molar-refractivity contribution in [3.8, 4) is 5.88 Å². The van der Waals surface area contributed by atoms with Crippen molar-refractivity contribution in [2.75, 3.05) is 26.7 Å². The number of fused-ring (bicyclic) bond motifs is 1. The third-order valence-corrected chi connectivity index (χ3v) is 4.46. The van der Waals surface area contributed by atoms with Gasteiger partial charge in [-0.3, -0.25) is 9.88 Å². The summed E-state index contributed by atoms with van der Waals surface area (Å²) in [5, 5.41) is 9.92. The SMILES string of the molecule is COc1ccc2ncc(F)c(CCN3CCC(O)C3CN)c2n1. The van der Waals surface area contributed by atoms with Crippen LogP contribution in [0.4, 0.5) is 4.39 Å². The molecule has 1 aliphatic rings. The van der Waals surface area contributed by atoms with Gasteiger partial charge < -0.3 is 15.6 Å². The first-order valence-electron chi connectivity index (χ1n) is 7.74. The van der Waals surface area contributed by atoms with Crippen molar-refractivity contribution in [2.24, 2.45) is 5.73 Å². The molecule has 0 aromatic carbocycles. The van der Waals surface area contributed by atoms with Crippen LogP contribution in [0.5, 0.6) is 5.88 Å². The Balaban J connectivity index is 1.86. The van der Waals surface area contributed by atoms with Gasteiger partial charge in [-0.25, -0.2) is 9.37 Å². The number of aliphatic hydroxyl groups is 1. The second kappa shape index (κ2) is 6.74. The van der Waals surface area contributed by atoms with Crippen LogP contribution in [-0.2, 0) is 6.42 Å². The molecule has 23 heavy (non-hydrogen) atoms. The maximum atomic E-state index is 14.2. The number of nitrogens with two attached hydrogens (primary N) is 1. The number of rotatable bonds is 5. The Labute approximate surface area is 134 Å². The van der Waals surface area contributed by atoms with E-state index in [2.05, 4.69) is 14.9 Å². The Morgan fingerprint density at radius 3 is 3.04 bits per heavy atom. The van der Waals surface area contributed by atoms with E-state index in [1.807, 2.05) is 0 Å². The molecule has 124 valence electrons. The van der Waals surface area contributed by atoms with Gasteiger partial charge >= 0.3 is 0 Å². The van der Waals surface area contributed by atoms with Crippen LogP contribution in [0.15, 0.2) is 18.3 Å². The highest BCUT2D eigenvalue weighted by molar-refractivity contribution is 5.78. The summed E-state index contributed by atoms with van der Waals surface area (Å²) in [7, 11) is 1.53. The van der Waals surface area contributed by atoms with E-state index >= 15 is 0 Å². The number of hydrogen-bond acceptors (Lipinski definition) is 6. The molecule has 2 aromatic rings. The van der Waals surface area contributed by atoms with Crippen LogP contribution in [-0.4, -0.2) is 58.9 Å². The quantitative estimate of drug-likeness (QED) is 0.844. The molecule has 7 heteroatoms. The number of aliphatic hydroxyl groups excluding tert-OH is 1. The summed E-state index contributed by atoms with van der Waals surface area (Å²) in [4.78, 5) is 10.5. The van der Waals surface area contributed by atoms with Gasteiger partial charge in [-0.15, -0.1) is 0 Å². The summed E-state index contributed by atoms with van der Waals surface area (Å²) in [5.41, 5.74) is 7.41. The normalized spacial score (nSPS) is 21.9. The average Bonchev–Trinajstić information content (AvgIpc) is 2.93. The van der Waals surface area contributed by atoms with E-state index in [0.29, 0.717) is 48.4 Å². The van der Waals surface area contributed by atoms with E-state index in [1.165, 1.54) is 13.3 Å². The molecular weight excluding hydrogens is 299 g/mol. The minimum absolute atomic E-state index is 0.0614. The number of halogens is 1. The highest BCUT2D eigenvalue weighted by Gasteiger charge is 2.31. The zero-order valence-corrected chi connectivity index (χ0v) is 13.1. The lowest BCUT2D eigenvalue weighted by Crippen LogP contribution is -2.42. The summed E-state index contributed by atoms with van der Waals surface area (Å²) in [6, 6.07) is 3.42. The van der Waals surface area contributed by atoms with Gasteiger partial charge in [-0.2, -0.15) is 0 Å². The molecule has 3 rings (SSSR count). The summed E-state index contributed by atoms with van der Waals surface area (Å²) in [5.74, 6) is 0.0601. The third-order valence-electron chi connectivity index (χ3n) is 4.46. The minimum atomic E-state index is -0.405. The smallest absolute Gasteiger partial charge is 0.213 e. The predicted octanol–water partition coefficient (Wildman–Crippen LogP) is 0.714. The van der Waals surface area contributed by atoms with E-state index in [4.69, 9.17) is 10.5 Å². The first-order chi connectivity index (χ1) is 11.1. The zero-order valence-electron chi connectivity index (χ0n) is 13.1. The molecule has 1 aliphatic heterocycles. The molecule has 3 heterocycles. The Hall–Kier alpha value is -1.83. The minimum Gasteiger partial charge on any atom is -0.481 e. The predicted molar refractivity (Wildman–Crippen MR) is 84.8 cm³/mol. The lowest BCUT2D eigenvalue weighted by molar-refractivity contribution is 0.121. The largest absolute Gasteiger partial charge is 0.481 e. The lowest BCUT2D eigenvalue weighted by Gasteiger charge is -2.24. The van der Waals surface area contributed by atoms with Crippen LogP contribution in [0, 0.1) is 5.82 Å². The molecule has 1 fully saturated rings. The molecular formula is C16H21FN4O2. The van der Waals surface area contributed by atoms with E-state index in [0.717, 1.165) is 6.54 Å². The van der Waals surface area contributed by atoms with E-state index in [1.54, 1.807) is 12.1 Å². The monoisotopic (exact) mass is 320 g/mol. The van der Waals surface area contributed by atoms with Crippen molar-refractivity contribution in [2.45, 2.75) is 25.0 Å². The van der Waals surface area contributed by atoms with Gasteiger partial charge in [0.2, 0.25) is 5.88 Å². The van der Waals surface area contributed by atoms with Gasteiger partial charge in [-0.05, 0) is 18.9 Å². The van der Waals surface area contributed by atoms with Crippen molar-refractivity contribution in [1.29, 1.82) is 0 Å². The van der Waals surface area contributed by atoms with Crippen LogP contribution in [0.1, 0.15) is 12.0 Å². The number of ether oxygens (including phenoxy) is 1. The first-order valence-corrected chi connectivity index (χ1v) is 7.74. The first kappa shape index (κ1) is 16.0. The van der Waals surface area contributed by atoms with Crippen LogP contribution in [0.3, 0.4) is 0 Å². The van der Waals surface area contributed by atoms with Crippen molar-refractivity contribution < 1.29 is 14.2 Å². The number of likely N-dealkylation sites (tertiary alicyclic amines) is 1. The molecule has 2 atom stereocenters. The van der Waals surface area contributed by atoms with Crippen molar-refractivity contribution >= 4 is 11.0 Å². The van der Waals surface area contributed by atoms with E-state index in [9.17, 15) is 9.50 Å². The Morgan fingerprint density at radius 2 is 2.30 bits per heavy atom. The average molecular weight is 320 g/mol. The molecule has 2 unspecified atom stereocenters. The maximum absolute atomic E-state index is 14.2. The number of pyridine rings is 2. The Kier molecular flexibility index (Phi) is 4.70. The maximum Gasteiger partial charge on any atom is 0.213 e. The highest BCUT2D eigenvalue weighted by atomic mass is 19.1. The van der Waals surface area contributed by atoms with E-state index < -0.39 is 6.10 Å². The van der Waals surface area contributed by atoms with Crippen LogP contribution in [0.2, 0.25) is 0 Å². The van der Waals surface area contributed by atoms with Gasteiger partial charge in [0.05, 0.1) is 30.4 Å². The van der Waals surface area contributed by atoms with Gasteiger partial charge in [0.1, 0.15) is 5.82 Å². The number of methoxy groups -OCH3 is 1. The van der Waals surface area contributed by atoms with Crippen molar-refractivity contribution in [1.82, 2.24) is 14.9 Å². The Bertz CT molecular complexity index is 697.